The average Bonchev–Trinajstić information content (AvgIpc) is 3.01. The lowest BCUT2D eigenvalue weighted by atomic mass is 10.00. The van der Waals surface area contributed by atoms with Gasteiger partial charge in [0, 0.05) is 51.3 Å². The van der Waals surface area contributed by atoms with Crippen LogP contribution < -0.4 is 10.2 Å². The van der Waals surface area contributed by atoms with Crippen LogP contribution in [0.5, 0.6) is 0 Å². The van der Waals surface area contributed by atoms with E-state index in [4.69, 9.17) is 16.1 Å². The van der Waals surface area contributed by atoms with Crippen LogP contribution in [-0.4, -0.2) is 55.8 Å². The Kier molecular flexibility index (Phi) is 6.26. The summed E-state index contributed by atoms with van der Waals surface area (Å²) in [5.74, 6) is 2.13. The summed E-state index contributed by atoms with van der Waals surface area (Å²) in [5.41, 5.74) is 3.25. The van der Waals surface area contributed by atoms with Gasteiger partial charge in [0.1, 0.15) is 5.76 Å². The summed E-state index contributed by atoms with van der Waals surface area (Å²) in [6.45, 7) is 10.6. The second kappa shape index (κ2) is 8.65. The van der Waals surface area contributed by atoms with E-state index in [0.717, 1.165) is 60.8 Å². The molecule has 0 amide bonds. The summed E-state index contributed by atoms with van der Waals surface area (Å²) in [5, 5.41) is 8.38. The second-order valence-electron chi connectivity index (χ2n) is 6.99. The van der Waals surface area contributed by atoms with Gasteiger partial charge in [-0.2, -0.15) is 0 Å². The van der Waals surface area contributed by atoms with Crippen molar-refractivity contribution in [1.29, 1.82) is 0 Å². The highest BCUT2D eigenvalue weighted by molar-refractivity contribution is 6.33. The molecule has 2 aromatic rings. The lowest BCUT2D eigenvalue weighted by Gasteiger charge is -2.38. The number of para-hydroxylation sites is 1. The van der Waals surface area contributed by atoms with Gasteiger partial charge in [0.25, 0.3) is 0 Å². The van der Waals surface area contributed by atoms with Gasteiger partial charge in [-0.1, -0.05) is 35.8 Å². The molecule has 146 valence electrons. The highest BCUT2D eigenvalue weighted by Gasteiger charge is 2.22. The molecular formula is C20H28ClN5O. The molecule has 1 unspecified atom stereocenters. The quantitative estimate of drug-likeness (QED) is 0.641. The third-order valence-corrected chi connectivity index (χ3v) is 5.45. The number of aryl methyl sites for hydroxylation is 2. The molecule has 0 aliphatic carbocycles. The van der Waals surface area contributed by atoms with E-state index >= 15 is 0 Å². The maximum absolute atomic E-state index is 6.34. The molecule has 1 fully saturated rings. The van der Waals surface area contributed by atoms with Gasteiger partial charge in [0.15, 0.2) is 5.96 Å². The highest BCUT2D eigenvalue weighted by atomic mass is 35.5. The molecule has 6 nitrogen and oxygen atoms in total. The van der Waals surface area contributed by atoms with Gasteiger partial charge < -0.3 is 19.6 Å². The van der Waals surface area contributed by atoms with Crippen molar-refractivity contribution in [2.24, 2.45) is 4.99 Å². The third kappa shape index (κ3) is 4.38. The second-order valence-corrected chi connectivity index (χ2v) is 7.40. The molecule has 0 radical (unpaired) electrons. The number of nitrogens with zero attached hydrogens (tertiary/aromatic N) is 4. The van der Waals surface area contributed by atoms with E-state index in [1.54, 1.807) is 0 Å². The van der Waals surface area contributed by atoms with E-state index in [1.807, 2.05) is 39.1 Å². The third-order valence-electron chi connectivity index (χ3n) is 5.13. The molecule has 1 aliphatic rings. The van der Waals surface area contributed by atoms with E-state index in [-0.39, 0.29) is 0 Å². The molecule has 0 bridgehead atoms. The standard InChI is InChI=1S/C20H28ClN5O/c1-14(19-15(2)24-27-16(19)3)13-23-20(22-4)26-11-9-25(10-12-26)18-8-6-5-7-17(18)21/h5-8,14H,9-13H2,1-4H3,(H,22,23). The smallest absolute Gasteiger partial charge is 0.193 e. The van der Waals surface area contributed by atoms with Crippen LogP contribution in [0, 0.1) is 13.8 Å². The van der Waals surface area contributed by atoms with Crippen molar-refractivity contribution >= 4 is 23.2 Å². The molecule has 0 spiro atoms. The Bertz CT molecular complexity index is 776. The Morgan fingerprint density at radius 3 is 2.56 bits per heavy atom. The molecule has 0 saturated carbocycles. The first-order chi connectivity index (χ1) is 13.0. The van der Waals surface area contributed by atoms with Crippen molar-refractivity contribution in [3.05, 3.63) is 46.3 Å². The molecule has 1 aliphatic heterocycles. The van der Waals surface area contributed by atoms with Crippen molar-refractivity contribution < 1.29 is 4.52 Å². The molecule has 1 atom stereocenters. The molecular weight excluding hydrogens is 362 g/mol. The fourth-order valence-corrected chi connectivity index (χ4v) is 3.99. The average molecular weight is 390 g/mol. The number of anilines is 1. The zero-order valence-electron chi connectivity index (χ0n) is 16.5. The van der Waals surface area contributed by atoms with Gasteiger partial charge in [-0.3, -0.25) is 4.99 Å². The number of benzene rings is 1. The highest BCUT2D eigenvalue weighted by Crippen LogP contribution is 2.26. The maximum Gasteiger partial charge on any atom is 0.193 e. The first kappa shape index (κ1) is 19.5. The zero-order valence-corrected chi connectivity index (χ0v) is 17.3. The first-order valence-corrected chi connectivity index (χ1v) is 9.77. The van der Waals surface area contributed by atoms with Crippen molar-refractivity contribution in [3.8, 4) is 0 Å². The van der Waals surface area contributed by atoms with Gasteiger partial charge >= 0.3 is 0 Å². The molecule has 1 N–H and O–H groups in total. The SMILES string of the molecule is CN=C(NCC(C)c1c(C)noc1C)N1CCN(c2ccccc2Cl)CC1. The van der Waals surface area contributed by atoms with Crippen LogP contribution in [0.1, 0.15) is 29.9 Å². The fourth-order valence-electron chi connectivity index (χ4n) is 3.74. The summed E-state index contributed by atoms with van der Waals surface area (Å²) < 4.78 is 5.29. The summed E-state index contributed by atoms with van der Waals surface area (Å²) in [6.07, 6.45) is 0. The Morgan fingerprint density at radius 2 is 1.96 bits per heavy atom. The number of hydrogen-bond donors (Lipinski definition) is 1. The topological polar surface area (TPSA) is 56.9 Å². The molecule has 1 aromatic carbocycles. The van der Waals surface area contributed by atoms with Crippen LogP contribution in [0.2, 0.25) is 5.02 Å². The summed E-state index contributed by atoms with van der Waals surface area (Å²) in [6, 6.07) is 8.02. The Hall–Kier alpha value is -2.21. The van der Waals surface area contributed by atoms with Crippen LogP contribution >= 0.6 is 11.6 Å². The van der Waals surface area contributed by atoms with Crippen molar-refractivity contribution in [3.63, 3.8) is 0 Å². The lowest BCUT2D eigenvalue weighted by molar-refractivity contribution is 0.371. The number of halogens is 1. The number of aliphatic imine (C=N–C) groups is 1. The Balaban J connectivity index is 1.56. The van der Waals surface area contributed by atoms with Gasteiger partial charge in [-0.05, 0) is 26.0 Å². The molecule has 27 heavy (non-hydrogen) atoms. The number of hydrogen-bond acceptors (Lipinski definition) is 4. The fraction of sp³-hybridized carbons (Fsp3) is 0.500. The zero-order chi connectivity index (χ0) is 19.4. The number of nitrogens with one attached hydrogen (secondary N) is 1. The predicted octanol–water partition coefficient (Wildman–Crippen LogP) is 3.45. The van der Waals surface area contributed by atoms with E-state index in [9.17, 15) is 0 Å². The summed E-state index contributed by atoms with van der Waals surface area (Å²) in [4.78, 5) is 9.10. The molecule has 3 rings (SSSR count). The Labute approximate surface area is 166 Å². The van der Waals surface area contributed by atoms with E-state index in [2.05, 4.69) is 38.3 Å². The first-order valence-electron chi connectivity index (χ1n) is 9.39. The predicted molar refractivity (Wildman–Crippen MR) is 111 cm³/mol. The minimum absolute atomic E-state index is 0.303. The van der Waals surface area contributed by atoms with Crippen molar-refractivity contribution in [2.45, 2.75) is 26.7 Å². The minimum Gasteiger partial charge on any atom is -0.367 e. The normalized spacial score (nSPS) is 16.6. The van der Waals surface area contributed by atoms with Crippen LogP contribution in [0.4, 0.5) is 5.69 Å². The van der Waals surface area contributed by atoms with Crippen LogP contribution in [0.25, 0.3) is 0 Å². The number of aromatic nitrogens is 1. The summed E-state index contributed by atoms with van der Waals surface area (Å²) in [7, 11) is 1.84. The molecule has 2 heterocycles. The number of piperazine rings is 1. The minimum atomic E-state index is 0.303. The van der Waals surface area contributed by atoms with Crippen LogP contribution in [0.15, 0.2) is 33.8 Å². The van der Waals surface area contributed by atoms with Crippen molar-refractivity contribution in [2.75, 3.05) is 44.7 Å². The van der Waals surface area contributed by atoms with Gasteiger partial charge in [0.2, 0.25) is 0 Å². The van der Waals surface area contributed by atoms with E-state index < -0.39 is 0 Å². The van der Waals surface area contributed by atoms with Crippen LogP contribution in [-0.2, 0) is 0 Å². The monoisotopic (exact) mass is 389 g/mol. The Morgan fingerprint density at radius 1 is 1.26 bits per heavy atom. The van der Waals surface area contributed by atoms with E-state index in [0.29, 0.717) is 5.92 Å². The van der Waals surface area contributed by atoms with Gasteiger partial charge in [-0.15, -0.1) is 0 Å². The lowest BCUT2D eigenvalue weighted by Crippen LogP contribution is -2.53. The molecule has 7 heteroatoms. The number of rotatable bonds is 4. The van der Waals surface area contributed by atoms with Crippen LogP contribution in [0.3, 0.4) is 0 Å². The molecule has 1 saturated heterocycles. The van der Waals surface area contributed by atoms with Gasteiger partial charge in [-0.25, -0.2) is 0 Å². The van der Waals surface area contributed by atoms with Crippen molar-refractivity contribution in [1.82, 2.24) is 15.4 Å². The van der Waals surface area contributed by atoms with Gasteiger partial charge in [0.05, 0.1) is 16.4 Å². The largest absolute Gasteiger partial charge is 0.367 e. The summed E-state index contributed by atoms with van der Waals surface area (Å²) >= 11 is 6.34. The molecule has 1 aromatic heterocycles. The number of guanidine groups is 1. The maximum atomic E-state index is 6.34. The van der Waals surface area contributed by atoms with E-state index in [1.165, 1.54) is 5.56 Å².